The number of aliphatic hydroxyl groups excluding tert-OH is 1. The SMILES string of the molecule is COc1ccc(C[C@H]2NC[C@H](O)[C@H]2OC(=O)NC[C@H]2CCCO2)cc1. The molecule has 2 fully saturated rings. The number of alkyl carbamates (subject to hydrolysis) is 1. The van der Waals surface area contributed by atoms with E-state index in [1.165, 1.54) is 0 Å². The maximum atomic E-state index is 12.0. The molecule has 0 unspecified atom stereocenters. The van der Waals surface area contributed by atoms with E-state index in [9.17, 15) is 9.90 Å². The molecule has 1 aromatic rings. The van der Waals surface area contributed by atoms with Gasteiger partial charge in [-0.2, -0.15) is 0 Å². The minimum Gasteiger partial charge on any atom is -0.497 e. The minimum atomic E-state index is -0.711. The second-order valence-corrected chi connectivity index (χ2v) is 6.52. The lowest BCUT2D eigenvalue weighted by Crippen LogP contribution is -2.42. The first-order chi connectivity index (χ1) is 12.2. The monoisotopic (exact) mass is 350 g/mol. The summed E-state index contributed by atoms with van der Waals surface area (Å²) in [5.41, 5.74) is 1.08. The lowest BCUT2D eigenvalue weighted by molar-refractivity contribution is 0.0168. The highest BCUT2D eigenvalue weighted by atomic mass is 16.6. The molecule has 0 spiro atoms. The largest absolute Gasteiger partial charge is 0.497 e. The average Bonchev–Trinajstić information content (AvgIpc) is 3.26. The molecule has 2 saturated heterocycles. The highest BCUT2D eigenvalue weighted by Crippen LogP contribution is 2.19. The molecule has 2 aliphatic heterocycles. The van der Waals surface area contributed by atoms with Crippen molar-refractivity contribution < 1.29 is 24.1 Å². The van der Waals surface area contributed by atoms with Gasteiger partial charge in [-0.15, -0.1) is 0 Å². The molecule has 0 aliphatic carbocycles. The van der Waals surface area contributed by atoms with Crippen molar-refractivity contribution in [2.75, 3.05) is 26.8 Å². The van der Waals surface area contributed by atoms with E-state index in [1.807, 2.05) is 24.3 Å². The summed E-state index contributed by atoms with van der Waals surface area (Å²) in [5, 5.41) is 16.1. The zero-order valence-electron chi connectivity index (χ0n) is 14.4. The van der Waals surface area contributed by atoms with Crippen molar-refractivity contribution in [2.45, 2.75) is 43.6 Å². The number of methoxy groups -OCH3 is 1. The normalized spacial score (nSPS) is 28.7. The number of ether oxygens (including phenoxy) is 3. The fraction of sp³-hybridized carbons (Fsp3) is 0.611. The van der Waals surface area contributed by atoms with E-state index in [4.69, 9.17) is 14.2 Å². The lowest BCUT2D eigenvalue weighted by Gasteiger charge is -2.22. The molecule has 0 bridgehead atoms. The van der Waals surface area contributed by atoms with Crippen LogP contribution in [0.25, 0.3) is 0 Å². The molecule has 1 aromatic carbocycles. The fourth-order valence-corrected chi connectivity index (χ4v) is 3.30. The maximum Gasteiger partial charge on any atom is 0.407 e. The Morgan fingerprint density at radius 3 is 2.88 bits per heavy atom. The molecule has 0 radical (unpaired) electrons. The molecule has 0 aromatic heterocycles. The summed E-state index contributed by atoms with van der Waals surface area (Å²) >= 11 is 0. The Morgan fingerprint density at radius 2 is 2.20 bits per heavy atom. The van der Waals surface area contributed by atoms with E-state index in [-0.39, 0.29) is 12.1 Å². The Bertz CT molecular complexity index is 559. The van der Waals surface area contributed by atoms with Crippen LogP contribution in [-0.4, -0.2) is 62.4 Å². The molecule has 7 nitrogen and oxygen atoms in total. The highest BCUT2D eigenvalue weighted by molar-refractivity contribution is 5.67. The molecular weight excluding hydrogens is 324 g/mol. The van der Waals surface area contributed by atoms with Crippen LogP contribution in [0.15, 0.2) is 24.3 Å². The molecule has 2 aliphatic rings. The number of nitrogens with one attached hydrogen (secondary N) is 2. The standard InChI is InChI=1S/C18H26N2O5/c1-23-13-6-4-12(5-7-13)9-15-17(16(21)11-19-15)25-18(22)20-10-14-3-2-8-24-14/h4-7,14-17,19,21H,2-3,8-11H2,1H3,(H,20,22)/t14-,15-,16+,17+/m1/s1. The summed E-state index contributed by atoms with van der Waals surface area (Å²) in [6, 6.07) is 7.60. The van der Waals surface area contributed by atoms with Gasteiger partial charge in [0.2, 0.25) is 0 Å². The number of hydrogen-bond donors (Lipinski definition) is 3. The van der Waals surface area contributed by atoms with Gasteiger partial charge < -0.3 is 30.0 Å². The lowest BCUT2D eigenvalue weighted by atomic mass is 10.0. The Kier molecular flexibility index (Phi) is 6.12. The average molecular weight is 350 g/mol. The van der Waals surface area contributed by atoms with Gasteiger partial charge in [0.1, 0.15) is 18.0 Å². The summed E-state index contributed by atoms with van der Waals surface area (Å²) in [7, 11) is 1.63. The summed E-state index contributed by atoms with van der Waals surface area (Å²) in [6.45, 7) is 1.60. The zero-order chi connectivity index (χ0) is 17.6. The van der Waals surface area contributed by atoms with Crippen molar-refractivity contribution in [1.29, 1.82) is 0 Å². The van der Waals surface area contributed by atoms with Crippen LogP contribution in [0.4, 0.5) is 4.79 Å². The van der Waals surface area contributed by atoms with Crippen molar-refractivity contribution in [2.24, 2.45) is 0 Å². The van der Waals surface area contributed by atoms with Crippen molar-refractivity contribution in [3.05, 3.63) is 29.8 Å². The van der Waals surface area contributed by atoms with E-state index >= 15 is 0 Å². The Morgan fingerprint density at radius 1 is 1.40 bits per heavy atom. The van der Waals surface area contributed by atoms with E-state index in [0.29, 0.717) is 19.5 Å². The number of aliphatic hydroxyl groups is 1. The van der Waals surface area contributed by atoms with Gasteiger partial charge in [-0.05, 0) is 37.0 Å². The van der Waals surface area contributed by atoms with Crippen molar-refractivity contribution >= 4 is 6.09 Å². The number of benzene rings is 1. The summed E-state index contributed by atoms with van der Waals surface area (Å²) in [4.78, 5) is 12.0. The van der Waals surface area contributed by atoms with Crippen LogP contribution in [0, 0.1) is 0 Å². The van der Waals surface area contributed by atoms with Gasteiger partial charge in [0.25, 0.3) is 0 Å². The third kappa shape index (κ3) is 4.84. The Labute approximate surface area is 147 Å². The molecule has 2 heterocycles. The van der Waals surface area contributed by atoms with Crippen molar-refractivity contribution in [1.82, 2.24) is 10.6 Å². The number of β-amino-alcohol motifs (C(OH)–C–C–N with tert-alkyl or cyclic N) is 1. The van der Waals surface area contributed by atoms with Gasteiger partial charge in [-0.1, -0.05) is 12.1 Å². The van der Waals surface area contributed by atoms with E-state index in [2.05, 4.69) is 10.6 Å². The number of rotatable bonds is 6. The Hall–Kier alpha value is -1.83. The third-order valence-corrected chi connectivity index (χ3v) is 4.72. The molecule has 3 N–H and O–H groups in total. The summed E-state index contributed by atoms with van der Waals surface area (Å²) in [6.07, 6.45) is 0.899. The van der Waals surface area contributed by atoms with Crippen LogP contribution in [0.2, 0.25) is 0 Å². The van der Waals surface area contributed by atoms with Crippen LogP contribution < -0.4 is 15.4 Å². The van der Waals surface area contributed by atoms with Crippen molar-refractivity contribution in [3.8, 4) is 5.75 Å². The molecule has 4 atom stereocenters. The molecule has 0 saturated carbocycles. The van der Waals surface area contributed by atoms with E-state index < -0.39 is 18.3 Å². The maximum absolute atomic E-state index is 12.0. The van der Waals surface area contributed by atoms with Crippen LogP contribution in [0.1, 0.15) is 18.4 Å². The number of amides is 1. The van der Waals surface area contributed by atoms with Gasteiger partial charge in [0.15, 0.2) is 0 Å². The van der Waals surface area contributed by atoms with E-state index in [0.717, 1.165) is 30.8 Å². The molecule has 3 rings (SSSR count). The van der Waals surface area contributed by atoms with E-state index in [1.54, 1.807) is 7.11 Å². The molecule has 7 heteroatoms. The predicted molar refractivity (Wildman–Crippen MR) is 91.7 cm³/mol. The molecule has 1 amide bonds. The first-order valence-corrected chi connectivity index (χ1v) is 8.76. The highest BCUT2D eigenvalue weighted by Gasteiger charge is 2.37. The van der Waals surface area contributed by atoms with Crippen molar-refractivity contribution in [3.63, 3.8) is 0 Å². The molecule has 138 valence electrons. The smallest absolute Gasteiger partial charge is 0.407 e. The summed E-state index contributed by atoms with van der Waals surface area (Å²) < 4.78 is 16.1. The van der Waals surface area contributed by atoms with Crippen LogP contribution in [0.3, 0.4) is 0 Å². The first-order valence-electron chi connectivity index (χ1n) is 8.76. The van der Waals surface area contributed by atoms with Gasteiger partial charge in [0.05, 0.1) is 19.3 Å². The van der Waals surface area contributed by atoms with Gasteiger partial charge in [0, 0.05) is 19.7 Å². The Balaban J connectivity index is 1.51. The van der Waals surface area contributed by atoms with Gasteiger partial charge in [-0.3, -0.25) is 0 Å². The molecular formula is C18H26N2O5. The minimum absolute atomic E-state index is 0.0641. The fourth-order valence-electron chi connectivity index (χ4n) is 3.30. The number of hydrogen-bond acceptors (Lipinski definition) is 6. The number of carbonyl (C=O) groups excluding carboxylic acids is 1. The third-order valence-electron chi connectivity index (χ3n) is 4.72. The quantitative estimate of drug-likeness (QED) is 0.705. The number of carbonyl (C=O) groups is 1. The zero-order valence-corrected chi connectivity index (χ0v) is 14.4. The van der Waals surface area contributed by atoms with Crippen LogP contribution in [-0.2, 0) is 15.9 Å². The summed E-state index contributed by atoms with van der Waals surface area (Å²) in [5.74, 6) is 0.796. The predicted octanol–water partition coefficient (Wildman–Crippen LogP) is 0.844. The van der Waals surface area contributed by atoms with Gasteiger partial charge >= 0.3 is 6.09 Å². The van der Waals surface area contributed by atoms with Gasteiger partial charge in [-0.25, -0.2) is 4.79 Å². The second-order valence-electron chi connectivity index (χ2n) is 6.52. The topological polar surface area (TPSA) is 89.0 Å². The first kappa shape index (κ1) is 18.0. The molecule has 25 heavy (non-hydrogen) atoms. The van der Waals surface area contributed by atoms with Crippen LogP contribution >= 0.6 is 0 Å². The van der Waals surface area contributed by atoms with Crippen LogP contribution in [0.5, 0.6) is 5.75 Å². The second kappa shape index (κ2) is 8.51.